The molecule has 36 heavy (non-hydrogen) atoms. The van der Waals surface area contributed by atoms with Gasteiger partial charge in [0.2, 0.25) is 0 Å². The Kier molecular flexibility index (Phi) is 8.94. The third-order valence-electron chi connectivity index (χ3n) is 8.32. The molecule has 3 aliphatic rings. The van der Waals surface area contributed by atoms with Crippen LogP contribution in [0.1, 0.15) is 122 Å². The van der Waals surface area contributed by atoms with Crippen molar-refractivity contribution in [1.82, 2.24) is 4.72 Å². The minimum atomic E-state index is -4.03. The average Bonchev–Trinajstić information content (AvgIpc) is 3.63. The standard InChI is InChI=1S/C28H32I3NO3S/c29-21-15-24(26(31)25(30)16-21)28(33)32-36(34,35)27-22(18-9-3-4-10-18)13-20(17-7-1-2-8-17)14-23(27)19-11-5-6-12-19/h13-19H,1-12H2,(H,32,33). The number of sulfonamides is 1. The largest absolute Gasteiger partial charge is 0.268 e. The number of hydrogen-bond acceptors (Lipinski definition) is 3. The molecule has 1 amide bonds. The molecular formula is C28H32I3NO3S. The predicted octanol–water partition coefficient (Wildman–Crippen LogP) is 8.59. The van der Waals surface area contributed by atoms with Gasteiger partial charge in [-0.25, -0.2) is 13.1 Å². The van der Waals surface area contributed by atoms with Crippen molar-refractivity contribution in [1.29, 1.82) is 0 Å². The molecule has 0 radical (unpaired) electrons. The van der Waals surface area contributed by atoms with Crippen LogP contribution >= 0.6 is 67.8 Å². The zero-order chi connectivity index (χ0) is 25.4. The summed E-state index contributed by atoms with van der Waals surface area (Å²) in [6.45, 7) is 0. The molecule has 0 spiro atoms. The van der Waals surface area contributed by atoms with Gasteiger partial charge in [-0.2, -0.15) is 0 Å². The van der Waals surface area contributed by atoms with Crippen molar-refractivity contribution < 1.29 is 13.2 Å². The van der Waals surface area contributed by atoms with E-state index in [0.29, 0.717) is 16.4 Å². The number of benzene rings is 2. The van der Waals surface area contributed by atoms with Gasteiger partial charge in [0.05, 0.1) is 10.5 Å². The van der Waals surface area contributed by atoms with Crippen LogP contribution in [-0.4, -0.2) is 14.3 Å². The summed E-state index contributed by atoms with van der Waals surface area (Å²) in [5.41, 5.74) is 3.71. The van der Waals surface area contributed by atoms with Gasteiger partial charge in [-0.05, 0) is 153 Å². The highest BCUT2D eigenvalue weighted by Gasteiger charge is 2.35. The minimum absolute atomic E-state index is 0.256. The van der Waals surface area contributed by atoms with Gasteiger partial charge >= 0.3 is 0 Å². The van der Waals surface area contributed by atoms with Gasteiger partial charge in [-0.3, -0.25) is 4.79 Å². The minimum Gasteiger partial charge on any atom is -0.268 e. The molecule has 0 heterocycles. The van der Waals surface area contributed by atoms with Crippen molar-refractivity contribution in [3.63, 3.8) is 0 Å². The van der Waals surface area contributed by atoms with Crippen molar-refractivity contribution >= 4 is 83.7 Å². The number of nitrogens with one attached hydrogen (secondary N) is 1. The van der Waals surface area contributed by atoms with E-state index in [-0.39, 0.29) is 11.8 Å². The molecule has 0 atom stereocenters. The summed E-state index contributed by atoms with van der Waals surface area (Å²) in [5.74, 6) is 0.510. The van der Waals surface area contributed by atoms with E-state index >= 15 is 0 Å². The highest BCUT2D eigenvalue weighted by Crippen LogP contribution is 2.46. The van der Waals surface area contributed by atoms with Crippen LogP contribution in [0.5, 0.6) is 0 Å². The quantitative estimate of drug-likeness (QED) is 0.234. The summed E-state index contributed by atoms with van der Waals surface area (Å²) in [6.07, 6.45) is 13.6. The molecular weight excluding hydrogens is 811 g/mol. The van der Waals surface area contributed by atoms with Crippen LogP contribution in [0.25, 0.3) is 0 Å². The summed E-state index contributed by atoms with van der Waals surface area (Å²) in [7, 11) is -4.03. The lowest BCUT2D eigenvalue weighted by Crippen LogP contribution is -2.33. The smallest absolute Gasteiger partial charge is 0.266 e. The maximum absolute atomic E-state index is 14.1. The first-order valence-electron chi connectivity index (χ1n) is 13.1. The van der Waals surface area contributed by atoms with Crippen molar-refractivity contribution in [3.05, 3.63) is 57.2 Å². The number of halogens is 3. The molecule has 0 aromatic heterocycles. The van der Waals surface area contributed by atoms with E-state index in [1.54, 1.807) is 6.07 Å². The van der Waals surface area contributed by atoms with Gasteiger partial charge in [0.25, 0.3) is 15.9 Å². The molecule has 4 nitrogen and oxygen atoms in total. The first-order valence-corrected chi connectivity index (χ1v) is 17.9. The molecule has 1 N–H and O–H groups in total. The molecule has 5 rings (SSSR count). The number of carbonyl (C=O) groups is 1. The Bertz CT molecular complexity index is 1220. The lowest BCUT2D eigenvalue weighted by molar-refractivity contribution is 0.0980. The normalized spacial score (nSPS) is 19.9. The Balaban J connectivity index is 1.62. The Hall–Kier alpha value is 0.0500. The van der Waals surface area contributed by atoms with Crippen LogP contribution in [0.15, 0.2) is 29.2 Å². The van der Waals surface area contributed by atoms with E-state index in [0.717, 1.165) is 73.2 Å². The molecule has 0 unspecified atom stereocenters. The van der Waals surface area contributed by atoms with Gasteiger partial charge < -0.3 is 0 Å². The summed E-state index contributed by atoms with van der Waals surface area (Å²) in [4.78, 5) is 13.8. The second-order valence-corrected chi connectivity index (χ2v) is 15.8. The monoisotopic (exact) mass is 843 g/mol. The Morgan fingerprint density at radius 2 is 1.19 bits per heavy atom. The number of rotatable bonds is 6. The Morgan fingerprint density at radius 3 is 1.69 bits per heavy atom. The molecule has 2 aromatic carbocycles. The Morgan fingerprint density at radius 1 is 0.722 bits per heavy atom. The van der Waals surface area contributed by atoms with E-state index < -0.39 is 15.9 Å². The van der Waals surface area contributed by atoms with Crippen LogP contribution in [0.2, 0.25) is 0 Å². The van der Waals surface area contributed by atoms with Gasteiger partial charge in [-0.15, -0.1) is 0 Å². The second kappa shape index (κ2) is 11.7. The van der Waals surface area contributed by atoms with Crippen LogP contribution < -0.4 is 4.72 Å². The van der Waals surface area contributed by atoms with Crippen LogP contribution in [0.4, 0.5) is 0 Å². The van der Waals surface area contributed by atoms with Gasteiger partial charge in [0.15, 0.2) is 0 Å². The molecule has 194 valence electrons. The first kappa shape index (κ1) is 27.6. The maximum atomic E-state index is 14.1. The van der Waals surface area contributed by atoms with E-state index in [1.165, 1.54) is 31.2 Å². The SMILES string of the molecule is O=C(NS(=O)(=O)c1c(C2CCCC2)cc(C2CCCC2)cc1C1CCCC1)c1cc(I)cc(I)c1I. The molecule has 8 heteroatoms. The number of amides is 1. The highest BCUT2D eigenvalue weighted by atomic mass is 127. The third-order valence-corrected chi connectivity index (χ3v) is 13.4. The van der Waals surface area contributed by atoms with E-state index in [9.17, 15) is 13.2 Å². The molecule has 2 aromatic rings. The second-order valence-electron chi connectivity index (χ2n) is 10.7. The van der Waals surface area contributed by atoms with Crippen LogP contribution in [0, 0.1) is 10.7 Å². The zero-order valence-electron chi connectivity index (χ0n) is 20.3. The maximum Gasteiger partial charge on any atom is 0.266 e. The van der Waals surface area contributed by atoms with Crippen molar-refractivity contribution in [2.24, 2.45) is 0 Å². The summed E-state index contributed by atoms with van der Waals surface area (Å²) < 4.78 is 33.5. The van der Waals surface area contributed by atoms with Crippen LogP contribution in [-0.2, 0) is 10.0 Å². The molecule has 0 aliphatic heterocycles. The number of hydrogen-bond donors (Lipinski definition) is 1. The topological polar surface area (TPSA) is 63.2 Å². The molecule has 3 aliphatic carbocycles. The molecule has 3 fully saturated rings. The fourth-order valence-corrected chi connectivity index (χ4v) is 10.5. The van der Waals surface area contributed by atoms with E-state index in [1.807, 2.05) is 6.07 Å². The number of carbonyl (C=O) groups excluding carboxylic acids is 1. The molecule has 0 saturated heterocycles. The zero-order valence-corrected chi connectivity index (χ0v) is 27.6. The van der Waals surface area contributed by atoms with Crippen LogP contribution in [0.3, 0.4) is 0 Å². The molecule has 3 saturated carbocycles. The van der Waals surface area contributed by atoms with E-state index in [4.69, 9.17) is 0 Å². The van der Waals surface area contributed by atoms with Crippen molar-refractivity contribution in [2.45, 2.75) is 99.7 Å². The first-order chi connectivity index (χ1) is 17.2. The average molecular weight is 843 g/mol. The van der Waals surface area contributed by atoms with Crippen molar-refractivity contribution in [2.75, 3.05) is 0 Å². The molecule has 0 bridgehead atoms. The fourth-order valence-electron chi connectivity index (χ4n) is 6.53. The van der Waals surface area contributed by atoms with Gasteiger partial charge in [-0.1, -0.05) is 50.7 Å². The predicted molar refractivity (Wildman–Crippen MR) is 169 cm³/mol. The fraction of sp³-hybridized carbons (Fsp3) is 0.536. The lowest BCUT2D eigenvalue weighted by atomic mass is 9.85. The highest BCUT2D eigenvalue weighted by molar-refractivity contribution is 14.1. The summed E-state index contributed by atoms with van der Waals surface area (Å²) in [5, 5.41) is 0. The summed E-state index contributed by atoms with van der Waals surface area (Å²) >= 11 is 6.51. The van der Waals surface area contributed by atoms with E-state index in [2.05, 4.69) is 84.6 Å². The lowest BCUT2D eigenvalue weighted by Gasteiger charge is -2.25. The van der Waals surface area contributed by atoms with Crippen molar-refractivity contribution in [3.8, 4) is 0 Å². The Labute approximate surface area is 256 Å². The summed E-state index contributed by atoms with van der Waals surface area (Å²) in [6, 6.07) is 8.21. The van der Waals surface area contributed by atoms with Gasteiger partial charge in [0.1, 0.15) is 0 Å². The third kappa shape index (κ3) is 5.80. The van der Waals surface area contributed by atoms with Gasteiger partial charge in [0, 0.05) is 10.7 Å².